The van der Waals surface area contributed by atoms with E-state index in [1.807, 2.05) is 0 Å². The van der Waals surface area contributed by atoms with Gasteiger partial charge in [0.25, 0.3) is 0 Å². The van der Waals surface area contributed by atoms with Crippen molar-refractivity contribution in [3.63, 3.8) is 0 Å². The highest BCUT2D eigenvalue weighted by Gasteiger charge is 2.53. The summed E-state index contributed by atoms with van der Waals surface area (Å²) in [5.41, 5.74) is 7.09. The van der Waals surface area contributed by atoms with Crippen LogP contribution in [0.4, 0.5) is 0 Å². The number of esters is 1. The minimum atomic E-state index is -1.88. The average Bonchev–Trinajstić information content (AvgIpc) is 2.71. The van der Waals surface area contributed by atoms with Crippen LogP contribution in [0.5, 0.6) is 5.75 Å². The molecule has 1 aliphatic carbocycles. The van der Waals surface area contributed by atoms with E-state index in [2.05, 4.69) is 10.0 Å². The Bertz CT molecular complexity index is 687. The predicted molar refractivity (Wildman–Crippen MR) is 78.8 cm³/mol. The van der Waals surface area contributed by atoms with E-state index in [1.165, 1.54) is 13.2 Å². The number of hydrogen-bond acceptors (Lipinski definition) is 5. The fourth-order valence-electron chi connectivity index (χ4n) is 2.35. The molecule has 0 spiro atoms. The van der Waals surface area contributed by atoms with Gasteiger partial charge in [-0.15, -0.1) is 0 Å². The molecule has 0 saturated heterocycles. The molecular formula is C15H17N3O4. The average molecular weight is 303 g/mol. The second-order valence-corrected chi connectivity index (χ2v) is 6.08. The molecule has 1 aliphatic rings. The third-order valence-electron chi connectivity index (χ3n) is 3.34. The summed E-state index contributed by atoms with van der Waals surface area (Å²) in [6.07, 6.45) is -0.00979. The third kappa shape index (κ3) is 2.63. The number of ether oxygens (including phenoxy) is 2. The van der Waals surface area contributed by atoms with Crippen molar-refractivity contribution in [3.05, 3.63) is 39.8 Å². The molecule has 1 aromatic carbocycles. The van der Waals surface area contributed by atoms with Crippen molar-refractivity contribution < 1.29 is 19.1 Å². The second kappa shape index (κ2) is 5.35. The molecular weight excluding hydrogens is 286 g/mol. The Kier molecular flexibility index (Phi) is 3.85. The number of azide groups is 1. The fraction of sp³-hybridized carbons (Fsp3) is 0.467. The largest absolute Gasteiger partial charge is 0.497 e. The van der Waals surface area contributed by atoms with Crippen molar-refractivity contribution in [1.29, 1.82) is 0 Å². The number of Topliss-reactive ketones (excluding diaryl/α,β-unsaturated/α-hetero) is 1. The summed E-state index contributed by atoms with van der Waals surface area (Å²) in [5, 5.41) is 3.51. The Morgan fingerprint density at radius 2 is 2.09 bits per heavy atom. The van der Waals surface area contributed by atoms with E-state index in [9.17, 15) is 9.59 Å². The van der Waals surface area contributed by atoms with Gasteiger partial charge in [-0.05, 0) is 44.0 Å². The van der Waals surface area contributed by atoms with Crippen molar-refractivity contribution in [2.24, 2.45) is 5.11 Å². The summed E-state index contributed by atoms with van der Waals surface area (Å²) in [6, 6.07) is 4.91. The van der Waals surface area contributed by atoms with Gasteiger partial charge in [-0.1, -0.05) is 11.2 Å². The van der Waals surface area contributed by atoms with E-state index in [-0.39, 0.29) is 6.42 Å². The van der Waals surface area contributed by atoms with Crippen LogP contribution in [0.15, 0.2) is 23.3 Å². The molecule has 22 heavy (non-hydrogen) atoms. The molecule has 1 aromatic rings. The minimum Gasteiger partial charge on any atom is -0.497 e. The number of carbonyl (C=O) groups is 2. The lowest BCUT2D eigenvalue weighted by molar-refractivity contribution is -0.159. The number of hydrogen-bond donors (Lipinski definition) is 0. The smallest absolute Gasteiger partial charge is 0.326 e. The first-order valence-corrected chi connectivity index (χ1v) is 6.75. The van der Waals surface area contributed by atoms with Crippen LogP contribution >= 0.6 is 0 Å². The molecule has 0 aliphatic heterocycles. The molecule has 7 heteroatoms. The molecule has 0 saturated carbocycles. The maximum Gasteiger partial charge on any atom is 0.326 e. The molecule has 1 atom stereocenters. The standard InChI is InChI=1S/C15H17N3O4/c1-14(2,3)22-13(20)15(17-18-16)8-9-5-6-10(21-4)7-11(9)12(15)19/h5-7H,8H2,1-4H3. The van der Waals surface area contributed by atoms with Gasteiger partial charge in [0, 0.05) is 16.9 Å². The Labute approximate surface area is 127 Å². The quantitative estimate of drug-likeness (QED) is 0.281. The zero-order chi connectivity index (χ0) is 16.5. The van der Waals surface area contributed by atoms with Crippen molar-refractivity contribution in [2.75, 3.05) is 7.11 Å². The maximum atomic E-state index is 12.7. The minimum absolute atomic E-state index is 0.00979. The van der Waals surface area contributed by atoms with Crippen molar-refractivity contribution >= 4 is 11.8 Å². The number of fused-ring (bicyclic) bond motifs is 1. The first-order chi connectivity index (χ1) is 10.2. The summed E-state index contributed by atoms with van der Waals surface area (Å²) < 4.78 is 10.4. The molecule has 0 aromatic heterocycles. The predicted octanol–water partition coefficient (Wildman–Crippen LogP) is 2.82. The number of benzene rings is 1. The summed E-state index contributed by atoms with van der Waals surface area (Å²) in [4.78, 5) is 27.8. The van der Waals surface area contributed by atoms with E-state index < -0.39 is 22.9 Å². The highest BCUT2D eigenvalue weighted by molar-refractivity contribution is 6.20. The highest BCUT2D eigenvalue weighted by Crippen LogP contribution is 2.37. The van der Waals surface area contributed by atoms with Gasteiger partial charge in [-0.3, -0.25) is 9.59 Å². The maximum absolute atomic E-state index is 12.7. The Morgan fingerprint density at radius 1 is 1.41 bits per heavy atom. The van der Waals surface area contributed by atoms with Gasteiger partial charge < -0.3 is 9.47 Å². The second-order valence-electron chi connectivity index (χ2n) is 6.08. The zero-order valence-corrected chi connectivity index (χ0v) is 12.9. The van der Waals surface area contributed by atoms with E-state index in [1.54, 1.807) is 32.9 Å². The van der Waals surface area contributed by atoms with Gasteiger partial charge in [-0.25, -0.2) is 0 Å². The van der Waals surface area contributed by atoms with Gasteiger partial charge in [0.1, 0.15) is 11.4 Å². The van der Waals surface area contributed by atoms with Crippen LogP contribution in [0.2, 0.25) is 0 Å². The SMILES string of the molecule is COc1ccc2c(c1)C(=O)C(N=[N+]=[N-])(C(=O)OC(C)(C)C)C2. The summed E-state index contributed by atoms with van der Waals surface area (Å²) >= 11 is 0. The molecule has 2 rings (SSSR count). The van der Waals surface area contributed by atoms with E-state index in [0.29, 0.717) is 16.9 Å². The summed E-state index contributed by atoms with van der Waals surface area (Å²) in [7, 11) is 1.48. The molecule has 0 fully saturated rings. The highest BCUT2D eigenvalue weighted by atomic mass is 16.6. The first kappa shape index (κ1) is 15.9. The number of nitrogens with zero attached hydrogens (tertiary/aromatic N) is 3. The lowest BCUT2D eigenvalue weighted by Crippen LogP contribution is -2.46. The number of carbonyl (C=O) groups excluding carboxylic acids is 2. The van der Waals surface area contributed by atoms with Gasteiger partial charge >= 0.3 is 5.97 Å². The zero-order valence-electron chi connectivity index (χ0n) is 12.9. The molecule has 7 nitrogen and oxygen atoms in total. The normalized spacial score (nSPS) is 20.1. The molecule has 0 heterocycles. The van der Waals surface area contributed by atoms with E-state index in [4.69, 9.17) is 15.0 Å². The molecule has 0 N–H and O–H groups in total. The van der Waals surface area contributed by atoms with Crippen LogP contribution in [-0.2, 0) is 16.0 Å². The van der Waals surface area contributed by atoms with Crippen molar-refractivity contribution in [3.8, 4) is 5.75 Å². The topological polar surface area (TPSA) is 101 Å². The number of rotatable bonds is 3. The monoisotopic (exact) mass is 303 g/mol. The number of methoxy groups -OCH3 is 1. The first-order valence-electron chi connectivity index (χ1n) is 6.75. The molecule has 116 valence electrons. The van der Waals surface area contributed by atoms with Crippen LogP contribution in [0.25, 0.3) is 10.4 Å². The molecule has 0 radical (unpaired) electrons. The number of ketones is 1. The van der Waals surface area contributed by atoms with Crippen LogP contribution in [0.1, 0.15) is 36.7 Å². The van der Waals surface area contributed by atoms with Gasteiger partial charge in [0.2, 0.25) is 5.54 Å². The van der Waals surface area contributed by atoms with Gasteiger partial charge in [-0.2, -0.15) is 0 Å². The van der Waals surface area contributed by atoms with Crippen LogP contribution in [0.3, 0.4) is 0 Å². The van der Waals surface area contributed by atoms with Crippen LogP contribution in [-0.4, -0.2) is 30.0 Å². The summed E-state index contributed by atoms with van der Waals surface area (Å²) in [5.74, 6) is -0.903. The van der Waals surface area contributed by atoms with E-state index >= 15 is 0 Å². The van der Waals surface area contributed by atoms with Crippen LogP contribution in [0, 0.1) is 0 Å². The van der Waals surface area contributed by atoms with Gasteiger partial charge in [0.05, 0.1) is 7.11 Å². The van der Waals surface area contributed by atoms with Crippen LogP contribution < -0.4 is 4.74 Å². The molecule has 0 bridgehead atoms. The van der Waals surface area contributed by atoms with Crippen molar-refractivity contribution in [1.82, 2.24) is 0 Å². The molecule has 0 amide bonds. The summed E-state index contributed by atoms with van der Waals surface area (Å²) in [6.45, 7) is 5.05. The Morgan fingerprint density at radius 3 is 2.64 bits per heavy atom. The lowest BCUT2D eigenvalue weighted by Gasteiger charge is -2.26. The van der Waals surface area contributed by atoms with Gasteiger partial charge in [0.15, 0.2) is 5.78 Å². The Hall–Kier alpha value is -2.53. The fourth-order valence-corrected chi connectivity index (χ4v) is 2.35. The Balaban J connectivity index is 2.49. The lowest BCUT2D eigenvalue weighted by atomic mass is 9.95. The third-order valence-corrected chi connectivity index (χ3v) is 3.34. The molecule has 1 unspecified atom stereocenters. The van der Waals surface area contributed by atoms with Crippen molar-refractivity contribution in [2.45, 2.75) is 38.3 Å². The van der Waals surface area contributed by atoms with E-state index in [0.717, 1.165) is 0 Å².